The lowest BCUT2D eigenvalue weighted by molar-refractivity contribution is 0.100. The predicted octanol–water partition coefficient (Wildman–Crippen LogP) is 3.87. The third-order valence-corrected chi connectivity index (χ3v) is 5.55. The molecule has 0 spiro atoms. The van der Waals surface area contributed by atoms with Crippen molar-refractivity contribution in [1.29, 1.82) is 0 Å². The van der Waals surface area contributed by atoms with Crippen LogP contribution in [0.1, 0.15) is 44.8 Å². The smallest absolute Gasteiger partial charge is 0.280 e. The number of halogens is 3. The van der Waals surface area contributed by atoms with Crippen LogP contribution >= 0.6 is 27.3 Å². The van der Waals surface area contributed by atoms with Crippen molar-refractivity contribution in [2.45, 2.75) is 26.8 Å². The molecule has 27 heavy (non-hydrogen) atoms. The van der Waals surface area contributed by atoms with Crippen molar-refractivity contribution in [1.82, 2.24) is 14.8 Å². The molecule has 7 nitrogen and oxygen atoms in total. The van der Waals surface area contributed by atoms with Gasteiger partial charge in [0.2, 0.25) is 0 Å². The number of hydrogen-bond donors (Lipinski definition) is 2. The minimum absolute atomic E-state index is 0.0408. The van der Waals surface area contributed by atoms with Gasteiger partial charge in [-0.2, -0.15) is 5.10 Å². The first kappa shape index (κ1) is 19.4. The highest BCUT2D eigenvalue weighted by atomic mass is 79.9. The van der Waals surface area contributed by atoms with Crippen molar-refractivity contribution in [3.63, 3.8) is 0 Å². The molecule has 0 aliphatic rings. The lowest BCUT2D eigenvalue weighted by atomic mass is 10.1. The summed E-state index contributed by atoms with van der Waals surface area (Å²) in [5.41, 5.74) is 5.91. The van der Waals surface area contributed by atoms with E-state index in [2.05, 4.69) is 31.3 Å². The number of hydrogen-bond acceptors (Lipinski definition) is 5. The van der Waals surface area contributed by atoms with Gasteiger partial charge in [0.15, 0.2) is 0 Å². The second-order valence-corrected chi connectivity index (χ2v) is 7.48. The molecule has 0 aliphatic heterocycles. The lowest BCUT2D eigenvalue weighted by Crippen LogP contribution is -2.20. The number of nitrogens with two attached hydrogens (primary N) is 1. The molecule has 3 aromatic rings. The van der Waals surface area contributed by atoms with E-state index in [0.717, 1.165) is 11.3 Å². The molecule has 3 aromatic heterocycles. The van der Waals surface area contributed by atoms with Gasteiger partial charge < -0.3 is 11.1 Å². The molecular weight excluding hydrogens is 444 g/mol. The quantitative estimate of drug-likeness (QED) is 0.606. The zero-order valence-corrected chi connectivity index (χ0v) is 16.6. The third kappa shape index (κ3) is 3.44. The minimum atomic E-state index is -2.75. The average Bonchev–Trinajstić information content (AvgIpc) is 3.15. The van der Waals surface area contributed by atoms with E-state index in [1.54, 1.807) is 6.92 Å². The SMILES string of the molecule is CCn1ncc(Br)c1C(=O)Nc1c(C(N)=O)sc2nc(C(F)F)cc(C)c12. The molecule has 0 saturated carbocycles. The number of carbonyl (C=O) groups is 2. The maximum absolute atomic E-state index is 13.0. The van der Waals surface area contributed by atoms with Gasteiger partial charge in [0.05, 0.1) is 16.4 Å². The standard InChI is InChI=1S/C16H14BrF2N5O2S/c1-3-24-11(7(17)5-21-24)15(26)23-10-9-6(2)4-8(13(18)19)22-16(9)27-12(10)14(20)25/h4-5,13H,3H2,1-2H3,(H2,20,25)(H,23,26). The van der Waals surface area contributed by atoms with Crippen molar-refractivity contribution >= 4 is 55.0 Å². The number of carbonyl (C=O) groups excluding carboxylic acids is 2. The number of pyridine rings is 1. The normalized spacial score (nSPS) is 11.3. The molecule has 0 fully saturated rings. The zero-order valence-electron chi connectivity index (χ0n) is 14.2. The van der Waals surface area contributed by atoms with Gasteiger partial charge in [-0.05, 0) is 41.4 Å². The van der Waals surface area contributed by atoms with E-state index in [4.69, 9.17) is 5.73 Å². The number of aromatic nitrogens is 3. The van der Waals surface area contributed by atoms with Crippen LogP contribution in [0, 0.1) is 6.92 Å². The number of anilines is 1. The number of alkyl halides is 2. The maximum Gasteiger partial charge on any atom is 0.280 e. The van der Waals surface area contributed by atoms with E-state index in [1.807, 2.05) is 6.92 Å². The molecular formula is C16H14BrF2N5O2S. The number of thiophene rings is 1. The van der Waals surface area contributed by atoms with Crippen LogP contribution in [0.15, 0.2) is 16.7 Å². The number of amides is 2. The van der Waals surface area contributed by atoms with E-state index < -0.39 is 23.9 Å². The summed E-state index contributed by atoms with van der Waals surface area (Å²) >= 11 is 4.13. The first-order valence-electron chi connectivity index (χ1n) is 7.79. The highest BCUT2D eigenvalue weighted by molar-refractivity contribution is 9.10. The molecule has 0 unspecified atom stereocenters. The van der Waals surface area contributed by atoms with Crippen LogP contribution in [0.2, 0.25) is 0 Å². The zero-order chi connectivity index (χ0) is 19.9. The Morgan fingerprint density at radius 2 is 2.15 bits per heavy atom. The lowest BCUT2D eigenvalue weighted by Gasteiger charge is -2.09. The van der Waals surface area contributed by atoms with E-state index in [1.165, 1.54) is 16.9 Å². The van der Waals surface area contributed by atoms with Crippen molar-refractivity contribution in [3.05, 3.63) is 38.6 Å². The van der Waals surface area contributed by atoms with Crippen LogP contribution in [0.25, 0.3) is 10.2 Å². The molecule has 142 valence electrons. The Bertz CT molecular complexity index is 1060. The van der Waals surface area contributed by atoms with Crippen LogP contribution < -0.4 is 11.1 Å². The summed E-state index contributed by atoms with van der Waals surface area (Å²) in [7, 11) is 0. The Kier molecular flexibility index (Phi) is 5.24. The number of nitrogens with zero attached hydrogens (tertiary/aromatic N) is 3. The van der Waals surface area contributed by atoms with Crippen molar-refractivity contribution in [2.24, 2.45) is 5.73 Å². The molecule has 3 heterocycles. The Morgan fingerprint density at radius 3 is 2.74 bits per heavy atom. The van der Waals surface area contributed by atoms with Gasteiger partial charge in [0.1, 0.15) is 21.1 Å². The van der Waals surface area contributed by atoms with E-state index >= 15 is 0 Å². The molecule has 0 atom stereocenters. The van der Waals surface area contributed by atoms with Gasteiger partial charge in [0, 0.05) is 11.9 Å². The highest BCUT2D eigenvalue weighted by Gasteiger charge is 2.25. The Balaban J connectivity index is 2.15. The van der Waals surface area contributed by atoms with Gasteiger partial charge in [0.25, 0.3) is 18.2 Å². The number of aryl methyl sites for hydroxylation is 2. The van der Waals surface area contributed by atoms with Crippen LogP contribution in [-0.2, 0) is 6.54 Å². The molecule has 0 aliphatic carbocycles. The van der Waals surface area contributed by atoms with Gasteiger partial charge in [-0.1, -0.05) is 0 Å². The summed E-state index contributed by atoms with van der Waals surface area (Å²) in [6, 6.07) is 1.23. The molecule has 11 heteroatoms. The molecule has 0 bridgehead atoms. The summed E-state index contributed by atoms with van der Waals surface area (Å²) in [6.07, 6.45) is -1.26. The first-order chi connectivity index (χ1) is 12.7. The maximum atomic E-state index is 13.0. The highest BCUT2D eigenvalue weighted by Crippen LogP contribution is 2.38. The van der Waals surface area contributed by atoms with Crippen LogP contribution in [0.3, 0.4) is 0 Å². The fraction of sp³-hybridized carbons (Fsp3) is 0.250. The molecule has 0 aromatic carbocycles. The van der Waals surface area contributed by atoms with E-state index in [-0.39, 0.29) is 21.1 Å². The van der Waals surface area contributed by atoms with Crippen molar-refractivity contribution < 1.29 is 18.4 Å². The van der Waals surface area contributed by atoms with Crippen LogP contribution in [-0.4, -0.2) is 26.6 Å². The Hall–Kier alpha value is -2.40. The number of fused-ring (bicyclic) bond motifs is 1. The minimum Gasteiger partial charge on any atom is -0.365 e. The second-order valence-electron chi connectivity index (χ2n) is 5.63. The fourth-order valence-corrected chi connectivity index (χ4v) is 4.25. The average molecular weight is 458 g/mol. The van der Waals surface area contributed by atoms with Crippen molar-refractivity contribution in [2.75, 3.05) is 5.32 Å². The van der Waals surface area contributed by atoms with Crippen LogP contribution in [0.4, 0.5) is 14.5 Å². The van der Waals surface area contributed by atoms with Crippen LogP contribution in [0.5, 0.6) is 0 Å². The summed E-state index contributed by atoms with van der Waals surface area (Å²) in [4.78, 5) is 28.8. The summed E-state index contributed by atoms with van der Waals surface area (Å²) in [6.45, 7) is 3.89. The second kappa shape index (κ2) is 7.31. The van der Waals surface area contributed by atoms with Gasteiger partial charge in [-0.3, -0.25) is 14.3 Å². The molecule has 0 saturated heterocycles. The van der Waals surface area contributed by atoms with Crippen molar-refractivity contribution in [3.8, 4) is 0 Å². The largest absolute Gasteiger partial charge is 0.365 e. The Labute approximate surface area is 164 Å². The van der Waals surface area contributed by atoms with Gasteiger partial charge >= 0.3 is 0 Å². The number of rotatable bonds is 5. The van der Waals surface area contributed by atoms with E-state index in [0.29, 0.717) is 22.0 Å². The van der Waals surface area contributed by atoms with E-state index in [9.17, 15) is 18.4 Å². The number of primary amides is 1. The molecule has 3 N–H and O–H groups in total. The van der Waals surface area contributed by atoms with Gasteiger partial charge in [-0.25, -0.2) is 13.8 Å². The third-order valence-electron chi connectivity index (χ3n) is 3.87. The van der Waals surface area contributed by atoms with Gasteiger partial charge in [-0.15, -0.1) is 11.3 Å². The molecule has 3 rings (SSSR count). The summed E-state index contributed by atoms with van der Waals surface area (Å²) < 4.78 is 28.0. The summed E-state index contributed by atoms with van der Waals surface area (Å²) in [5, 5.41) is 7.16. The molecule has 0 radical (unpaired) electrons. The molecule has 2 amide bonds. The first-order valence-corrected chi connectivity index (χ1v) is 9.40. The fourth-order valence-electron chi connectivity index (χ4n) is 2.71. The number of nitrogens with one attached hydrogen (secondary N) is 1. The summed E-state index contributed by atoms with van der Waals surface area (Å²) in [5.74, 6) is -1.30. The Morgan fingerprint density at radius 1 is 1.44 bits per heavy atom. The monoisotopic (exact) mass is 457 g/mol. The topological polar surface area (TPSA) is 103 Å². The predicted molar refractivity (Wildman–Crippen MR) is 101 cm³/mol.